The van der Waals surface area contributed by atoms with E-state index < -0.39 is 5.82 Å². The second kappa shape index (κ2) is 3.73. The summed E-state index contributed by atoms with van der Waals surface area (Å²) >= 11 is 0. The maximum atomic E-state index is 12.8. The third-order valence-corrected chi connectivity index (χ3v) is 2.82. The van der Waals surface area contributed by atoms with Gasteiger partial charge in [0, 0.05) is 6.54 Å². The standard InChI is InChI=1S/C11H9FN4O/c12-7-4-13-11(14-5-7)10-8(6-17)15-16-3-1-2-9(10)16/h4-6H,1-3H2. The maximum Gasteiger partial charge on any atom is 0.171 e. The Morgan fingerprint density at radius 2 is 2.12 bits per heavy atom. The zero-order chi connectivity index (χ0) is 11.8. The van der Waals surface area contributed by atoms with Crippen molar-refractivity contribution in [1.29, 1.82) is 0 Å². The summed E-state index contributed by atoms with van der Waals surface area (Å²) in [6, 6.07) is 0. The van der Waals surface area contributed by atoms with Gasteiger partial charge in [-0.05, 0) is 12.8 Å². The number of rotatable bonds is 2. The highest BCUT2D eigenvalue weighted by molar-refractivity contribution is 5.84. The van der Waals surface area contributed by atoms with Crippen LogP contribution in [-0.4, -0.2) is 26.0 Å². The van der Waals surface area contributed by atoms with Crippen LogP contribution in [0.3, 0.4) is 0 Å². The molecule has 0 aliphatic carbocycles. The fourth-order valence-electron chi connectivity index (χ4n) is 2.12. The van der Waals surface area contributed by atoms with E-state index in [4.69, 9.17) is 0 Å². The van der Waals surface area contributed by atoms with Crippen LogP contribution in [0.5, 0.6) is 0 Å². The Kier molecular flexibility index (Phi) is 2.21. The minimum Gasteiger partial charge on any atom is -0.296 e. The molecule has 0 N–H and O–H groups in total. The molecular formula is C11H9FN4O. The average molecular weight is 232 g/mol. The molecule has 0 aromatic carbocycles. The summed E-state index contributed by atoms with van der Waals surface area (Å²) in [6.07, 6.45) is 4.71. The number of halogens is 1. The monoisotopic (exact) mass is 232 g/mol. The lowest BCUT2D eigenvalue weighted by Gasteiger charge is -1.99. The van der Waals surface area contributed by atoms with Gasteiger partial charge in [0.15, 0.2) is 17.9 Å². The van der Waals surface area contributed by atoms with Crippen LogP contribution in [0.15, 0.2) is 12.4 Å². The molecule has 0 unspecified atom stereocenters. The molecule has 0 fully saturated rings. The lowest BCUT2D eigenvalue weighted by molar-refractivity contribution is 0.111. The first-order chi connectivity index (χ1) is 8.29. The molecule has 0 radical (unpaired) electrons. The van der Waals surface area contributed by atoms with Crippen molar-refractivity contribution in [1.82, 2.24) is 19.7 Å². The first-order valence-corrected chi connectivity index (χ1v) is 5.32. The van der Waals surface area contributed by atoms with E-state index in [2.05, 4.69) is 15.1 Å². The summed E-state index contributed by atoms with van der Waals surface area (Å²) in [7, 11) is 0. The van der Waals surface area contributed by atoms with Gasteiger partial charge >= 0.3 is 0 Å². The van der Waals surface area contributed by atoms with Crippen LogP contribution in [0.1, 0.15) is 22.6 Å². The fourth-order valence-corrected chi connectivity index (χ4v) is 2.12. The third kappa shape index (κ3) is 1.52. The lowest BCUT2D eigenvalue weighted by atomic mass is 10.1. The van der Waals surface area contributed by atoms with E-state index in [0.717, 1.165) is 37.5 Å². The van der Waals surface area contributed by atoms with Crippen molar-refractivity contribution >= 4 is 6.29 Å². The molecule has 5 nitrogen and oxygen atoms in total. The van der Waals surface area contributed by atoms with Crippen molar-refractivity contribution in [3.63, 3.8) is 0 Å². The van der Waals surface area contributed by atoms with Gasteiger partial charge < -0.3 is 0 Å². The highest BCUT2D eigenvalue weighted by atomic mass is 19.1. The van der Waals surface area contributed by atoms with Crippen molar-refractivity contribution in [2.45, 2.75) is 19.4 Å². The number of carbonyl (C=O) groups excluding carboxylic acids is 1. The Morgan fingerprint density at radius 1 is 1.35 bits per heavy atom. The van der Waals surface area contributed by atoms with Crippen molar-refractivity contribution in [2.75, 3.05) is 0 Å². The predicted molar refractivity (Wildman–Crippen MR) is 56.9 cm³/mol. The number of nitrogens with zero attached hydrogens (tertiary/aromatic N) is 4. The molecule has 17 heavy (non-hydrogen) atoms. The second-order valence-corrected chi connectivity index (χ2v) is 3.88. The van der Waals surface area contributed by atoms with Gasteiger partial charge in [0.1, 0.15) is 5.69 Å². The molecule has 0 amide bonds. The van der Waals surface area contributed by atoms with E-state index >= 15 is 0 Å². The molecule has 0 atom stereocenters. The topological polar surface area (TPSA) is 60.7 Å². The Hall–Kier alpha value is -2.11. The van der Waals surface area contributed by atoms with Gasteiger partial charge in [-0.3, -0.25) is 9.48 Å². The predicted octanol–water partition coefficient (Wildman–Crippen LogP) is 1.24. The molecule has 0 saturated heterocycles. The molecule has 86 valence electrons. The summed E-state index contributed by atoms with van der Waals surface area (Å²) in [5, 5.41) is 4.18. The number of aromatic nitrogens is 4. The van der Waals surface area contributed by atoms with E-state index in [1.54, 1.807) is 4.68 Å². The van der Waals surface area contributed by atoms with Crippen molar-refractivity contribution in [3.05, 3.63) is 29.6 Å². The quantitative estimate of drug-likeness (QED) is 0.731. The zero-order valence-corrected chi connectivity index (χ0v) is 8.93. The summed E-state index contributed by atoms with van der Waals surface area (Å²) in [6.45, 7) is 0.803. The molecule has 0 bridgehead atoms. The van der Waals surface area contributed by atoms with Gasteiger partial charge in [0.25, 0.3) is 0 Å². The molecule has 1 aliphatic heterocycles. The van der Waals surface area contributed by atoms with Crippen LogP contribution in [0.25, 0.3) is 11.4 Å². The van der Waals surface area contributed by atoms with E-state index in [1.165, 1.54) is 0 Å². The third-order valence-electron chi connectivity index (χ3n) is 2.82. The van der Waals surface area contributed by atoms with E-state index in [9.17, 15) is 9.18 Å². The largest absolute Gasteiger partial charge is 0.296 e. The van der Waals surface area contributed by atoms with Crippen molar-refractivity contribution in [2.24, 2.45) is 0 Å². The van der Waals surface area contributed by atoms with E-state index in [1.807, 2.05) is 0 Å². The molecule has 3 heterocycles. The Bertz CT molecular complexity index is 576. The number of aldehydes is 1. The molecule has 3 rings (SSSR count). The Balaban J connectivity index is 2.19. The van der Waals surface area contributed by atoms with Gasteiger partial charge in [-0.25, -0.2) is 14.4 Å². The van der Waals surface area contributed by atoms with Gasteiger partial charge in [0.2, 0.25) is 0 Å². The van der Waals surface area contributed by atoms with Crippen molar-refractivity contribution < 1.29 is 9.18 Å². The minimum absolute atomic E-state index is 0.325. The van der Waals surface area contributed by atoms with Gasteiger partial charge in [-0.2, -0.15) is 5.10 Å². The first kappa shape index (κ1) is 10.1. The summed E-state index contributed by atoms with van der Waals surface area (Å²) in [5.74, 6) is -0.137. The number of hydrogen-bond donors (Lipinski definition) is 0. The van der Waals surface area contributed by atoms with Gasteiger partial charge in [-0.1, -0.05) is 0 Å². The smallest absolute Gasteiger partial charge is 0.171 e. The molecular weight excluding hydrogens is 223 g/mol. The summed E-state index contributed by atoms with van der Waals surface area (Å²) in [5.41, 5.74) is 1.92. The minimum atomic E-state index is -0.495. The van der Waals surface area contributed by atoms with Crippen molar-refractivity contribution in [3.8, 4) is 11.4 Å². The van der Waals surface area contributed by atoms with Gasteiger partial charge in [0.05, 0.1) is 23.7 Å². The van der Waals surface area contributed by atoms with Crippen LogP contribution in [0.2, 0.25) is 0 Å². The first-order valence-electron chi connectivity index (χ1n) is 5.32. The van der Waals surface area contributed by atoms with Crippen LogP contribution in [-0.2, 0) is 13.0 Å². The van der Waals surface area contributed by atoms with Crippen LogP contribution < -0.4 is 0 Å². The Morgan fingerprint density at radius 3 is 2.82 bits per heavy atom. The summed E-state index contributed by atoms with van der Waals surface area (Å²) in [4.78, 5) is 18.8. The molecule has 2 aromatic heterocycles. The van der Waals surface area contributed by atoms with E-state index in [-0.39, 0.29) is 0 Å². The fraction of sp³-hybridized carbons (Fsp3) is 0.273. The van der Waals surface area contributed by atoms with Crippen LogP contribution in [0.4, 0.5) is 4.39 Å². The Labute approximate surface area is 96.3 Å². The van der Waals surface area contributed by atoms with Gasteiger partial charge in [-0.15, -0.1) is 0 Å². The maximum absolute atomic E-state index is 12.8. The van der Waals surface area contributed by atoms with Crippen LogP contribution >= 0.6 is 0 Å². The molecule has 2 aromatic rings. The lowest BCUT2D eigenvalue weighted by Crippen LogP contribution is -1.95. The highest BCUT2D eigenvalue weighted by Crippen LogP contribution is 2.28. The number of carbonyl (C=O) groups is 1. The average Bonchev–Trinajstić information content (AvgIpc) is 2.89. The number of fused-ring (bicyclic) bond motifs is 1. The van der Waals surface area contributed by atoms with E-state index in [0.29, 0.717) is 23.4 Å². The molecule has 0 spiro atoms. The SMILES string of the molecule is O=Cc1nn2c(c1-c1ncc(F)cn1)CCC2. The summed E-state index contributed by atoms with van der Waals surface area (Å²) < 4.78 is 14.6. The second-order valence-electron chi connectivity index (χ2n) is 3.88. The van der Waals surface area contributed by atoms with Crippen LogP contribution in [0, 0.1) is 5.82 Å². The normalized spacial score (nSPS) is 13.7. The highest BCUT2D eigenvalue weighted by Gasteiger charge is 2.24. The number of aryl methyl sites for hydroxylation is 1. The molecule has 6 heteroatoms. The molecule has 0 saturated carbocycles. The zero-order valence-electron chi connectivity index (χ0n) is 8.93. The number of hydrogen-bond acceptors (Lipinski definition) is 4. The molecule has 1 aliphatic rings.